The highest BCUT2D eigenvalue weighted by Crippen LogP contribution is 2.30. The van der Waals surface area contributed by atoms with Gasteiger partial charge in [0.05, 0.1) is 53.4 Å². The molecule has 2 heterocycles. The highest BCUT2D eigenvalue weighted by molar-refractivity contribution is 5.70. The lowest BCUT2D eigenvalue weighted by atomic mass is 9.98. The Balaban J connectivity index is 1.39. The van der Waals surface area contributed by atoms with Crippen molar-refractivity contribution in [3.63, 3.8) is 0 Å². The number of nitriles is 1. The number of aryl methyl sites for hydroxylation is 4. The lowest BCUT2D eigenvalue weighted by molar-refractivity contribution is 0.829. The van der Waals surface area contributed by atoms with E-state index in [1.165, 1.54) is 0 Å². The number of hydrogen-bond donors (Lipinski definition) is 0. The van der Waals surface area contributed by atoms with Crippen LogP contribution in [0.15, 0.2) is 60.9 Å². The van der Waals surface area contributed by atoms with Crippen LogP contribution in [0.5, 0.6) is 0 Å². The fourth-order valence-electron chi connectivity index (χ4n) is 4.69. The van der Waals surface area contributed by atoms with Crippen LogP contribution in [-0.2, 0) is 0 Å². The third-order valence-electron chi connectivity index (χ3n) is 6.99. The molecule has 2 aromatic carbocycles. The van der Waals surface area contributed by atoms with Gasteiger partial charge in [0.25, 0.3) is 0 Å². The van der Waals surface area contributed by atoms with Gasteiger partial charge in [0.15, 0.2) is 5.69 Å². The number of anilines is 2. The van der Waals surface area contributed by atoms with E-state index < -0.39 is 0 Å². The van der Waals surface area contributed by atoms with Crippen LogP contribution in [0.2, 0.25) is 0 Å². The first-order valence-corrected chi connectivity index (χ1v) is 12.6. The molecule has 0 unspecified atom stereocenters. The maximum Gasteiger partial charge on any atom is 0.193 e. The van der Waals surface area contributed by atoms with E-state index in [4.69, 9.17) is 16.5 Å². The lowest BCUT2D eigenvalue weighted by Crippen LogP contribution is -2.30. The predicted molar refractivity (Wildman–Crippen MR) is 156 cm³/mol. The van der Waals surface area contributed by atoms with E-state index in [1.54, 1.807) is 0 Å². The summed E-state index contributed by atoms with van der Waals surface area (Å²) in [6.45, 7) is 16.9. The van der Waals surface area contributed by atoms with E-state index in [-0.39, 0.29) is 0 Å². The van der Waals surface area contributed by atoms with Crippen LogP contribution in [0, 0.1) is 45.6 Å². The van der Waals surface area contributed by atoms with E-state index >= 15 is 0 Å². The van der Waals surface area contributed by atoms with Crippen LogP contribution in [0.3, 0.4) is 0 Å². The Morgan fingerprint density at radius 3 is 1.50 bits per heavy atom. The molecular weight excluding hydrogens is 468 g/mol. The minimum absolute atomic E-state index is 0.721. The SMILES string of the molecule is [C-]#[N+]c1c(C)cc(-c2ccc(N(C)CCN(C)c3ccc(-c4cc(C)c(C#N)c(C)c4)nc3)cn2)cc1C. The van der Waals surface area contributed by atoms with E-state index in [9.17, 15) is 5.26 Å². The average Bonchev–Trinajstić information content (AvgIpc) is 2.91. The Bertz CT molecular complexity index is 1370. The first-order chi connectivity index (χ1) is 18.2. The highest BCUT2D eigenvalue weighted by Gasteiger charge is 2.11. The summed E-state index contributed by atoms with van der Waals surface area (Å²) in [4.78, 5) is 17.4. The van der Waals surface area contributed by atoms with Crippen molar-refractivity contribution >= 4 is 17.1 Å². The molecule has 0 saturated carbocycles. The van der Waals surface area contributed by atoms with Gasteiger partial charge in [-0.05, 0) is 91.9 Å². The molecule has 0 spiro atoms. The topological polar surface area (TPSA) is 60.4 Å². The van der Waals surface area contributed by atoms with Crippen molar-refractivity contribution in [2.75, 3.05) is 37.0 Å². The molecule has 0 aliphatic carbocycles. The van der Waals surface area contributed by atoms with Crippen molar-refractivity contribution in [3.05, 3.63) is 100 Å². The third-order valence-corrected chi connectivity index (χ3v) is 6.99. The Morgan fingerprint density at radius 1 is 0.737 bits per heavy atom. The van der Waals surface area contributed by atoms with Crippen molar-refractivity contribution in [1.29, 1.82) is 5.26 Å². The molecule has 2 aromatic heterocycles. The van der Waals surface area contributed by atoms with Gasteiger partial charge in [-0.2, -0.15) is 5.26 Å². The van der Waals surface area contributed by atoms with Gasteiger partial charge in [-0.3, -0.25) is 9.97 Å². The van der Waals surface area contributed by atoms with E-state index in [2.05, 4.69) is 46.9 Å². The van der Waals surface area contributed by atoms with Crippen molar-refractivity contribution < 1.29 is 0 Å². The van der Waals surface area contributed by atoms with E-state index in [1.807, 2.05) is 76.5 Å². The summed E-state index contributed by atoms with van der Waals surface area (Å²) in [6.07, 6.45) is 3.80. The van der Waals surface area contributed by atoms with Gasteiger partial charge in [-0.1, -0.05) is 12.1 Å². The summed E-state index contributed by atoms with van der Waals surface area (Å²) in [6, 6.07) is 18.6. The largest absolute Gasteiger partial charge is 0.372 e. The fourth-order valence-corrected chi connectivity index (χ4v) is 4.69. The van der Waals surface area contributed by atoms with Crippen LogP contribution in [0.1, 0.15) is 27.8 Å². The van der Waals surface area contributed by atoms with Gasteiger partial charge in [-0.15, -0.1) is 0 Å². The summed E-state index contributed by atoms with van der Waals surface area (Å²) < 4.78 is 0. The molecule has 0 amide bonds. The number of aromatic nitrogens is 2. The second-order valence-electron chi connectivity index (χ2n) is 9.81. The maximum absolute atomic E-state index is 9.33. The summed E-state index contributed by atoms with van der Waals surface area (Å²) in [5, 5.41) is 9.33. The first-order valence-electron chi connectivity index (χ1n) is 12.6. The summed E-state index contributed by atoms with van der Waals surface area (Å²) >= 11 is 0. The molecule has 4 aromatic rings. The maximum atomic E-state index is 9.33. The minimum Gasteiger partial charge on any atom is -0.372 e. The molecule has 4 rings (SSSR count). The molecule has 0 aliphatic heterocycles. The van der Waals surface area contributed by atoms with Crippen LogP contribution in [0.25, 0.3) is 27.4 Å². The average molecular weight is 501 g/mol. The zero-order valence-electron chi connectivity index (χ0n) is 22.9. The van der Waals surface area contributed by atoms with Gasteiger partial charge >= 0.3 is 0 Å². The number of hydrogen-bond acceptors (Lipinski definition) is 5. The summed E-state index contributed by atoms with van der Waals surface area (Å²) in [5.74, 6) is 0. The van der Waals surface area contributed by atoms with Crippen LogP contribution in [0.4, 0.5) is 17.1 Å². The number of benzene rings is 2. The van der Waals surface area contributed by atoms with Crippen molar-refractivity contribution in [3.8, 4) is 28.6 Å². The number of pyridine rings is 2. The van der Waals surface area contributed by atoms with Crippen LogP contribution < -0.4 is 9.80 Å². The monoisotopic (exact) mass is 500 g/mol. The molecule has 6 nitrogen and oxygen atoms in total. The molecule has 38 heavy (non-hydrogen) atoms. The van der Waals surface area contributed by atoms with E-state index in [0.29, 0.717) is 0 Å². The van der Waals surface area contributed by atoms with Crippen molar-refractivity contribution in [1.82, 2.24) is 9.97 Å². The predicted octanol–water partition coefficient (Wildman–Crippen LogP) is 7.04. The third kappa shape index (κ3) is 5.51. The molecule has 0 N–H and O–H groups in total. The first kappa shape index (κ1) is 26.4. The van der Waals surface area contributed by atoms with Crippen molar-refractivity contribution in [2.24, 2.45) is 0 Å². The van der Waals surface area contributed by atoms with Crippen molar-refractivity contribution in [2.45, 2.75) is 27.7 Å². The molecule has 190 valence electrons. The number of nitrogens with zero attached hydrogens (tertiary/aromatic N) is 6. The quantitative estimate of drug-likeness (QED) is 0.255. The number of rotatable bonds is 7. The Labute approximate surface area is 225 Å². The summed E-state index contributed by atoms with van der Waals surface area (Å²) in [7, 11) is 4.14. The van der Waals surface area contributed by atoms with Gasteiger partial charge in [-0.25, -0.2) is 4.85 Å². The lowest BCUT2D eigenvalue weighted by Gasteiger charge is -2.25. The molecule has 0 atom stereocenters. The second-order valence-corrected chi connectivity index (χ2v) is 9.81. The molecule has 6 heteroatoms. The molecule has 0 bridgehead atoms. The summed E-state index contributed by atoms with van der Waals surface area (Å²) in [5.41, 5.74) is 11.3. The number of likely N-dealkylation sites (N-methyl/N-ethyl adjacent to an activating group) is 2. The Kier molecular flexibility index (Phi) is 7.74. The van der Waals surface area contributed by atoms with E-state index in [0.717, 1.165) is 80.5 Å². The Hall–Kier alpha value is -4.68. The molecule has 0 radical (unpaired) electrons. The van der Waals surface area contributed by atoms with Gasteiger partial charge in [0, 0.05) is 32.7 Å². The molecule has 0 saturated heterocycles. The molecular formula is C32H32N6. The fraction of sp³-hybridized carbons (Fsp3) is 0.250. The Morgan fingerprint density at radius 2 is 1.16 bits per heavy atom. The zero-order chi connectivity index (χ0) is 27.4. The van der Waals surface area contributed by atoms with Gasteiger partial charge < -0.3 is 9.80 Å². The highest BCUT2D eigenvalue weighted by atomic mass is 15.2. The van der Waals surface area contributed by atoms with Crippen LogP contribution in [-0.4, -0.2) is 37.2 Å². The minimum atomic E-state index is 0.721. The zero-order valence-corrected chi connectivity index (χ0v) is 22.9. The molecule has 0 fully saturated rings. The van der Waals surface area contributed by atoms with Gasteiger partial charge in [0.1, 0.15) is 0 Å². The smallest absolute Gasteiger partial charge is 0.193 e. The second kappa shape index (κ2) is 11.2. The normalized spacial score (nSPS) is 10.5. The molecule has 0 aliphatic rings. The van der Waals surface area contributed by atoms with Crippen LogP contribution >= 0.6 is 0 Å². The standard InChI is InChI=1S/C32H32N6/c1-21-14-25(15-22(2)29(21)18-33)30-10-8-27(19-35-30)37(6)12-13-38(7)28-9-11-31(36-20-28)26-16-23(3)32(34-5)24(4)17-26/h8-11,14-17,19-20H,12-13H2,1-4,6-7H3. The van der Waals surface area contributed by atoms with Gasteiger partial charge in [0.2, 0.25) is 0 Å².